The Hall–Kier alpha value is -2.32. The quantitative estimate of drug-likeness (QED) is 0.758. The van der Waals surface area contributed by atoms with Crippen molar-refractivity contribution in [2.75, 3.05) is 44.2 Å². The molecular weight excluding hydrogens is 426 g/mol. The summed E-state index contributed by atoms with van der Waals surface area (Å²) in [4.78, 5) is 16.7. The largest absolute Gasteiger partial charge is 0.444 e. The number of fused-ring (bicyclic) bond motifs is 1. The molecule has 8 heteroatoms. The van der Waals surface area contributed by atoms with E-state index in [-0.39, 0.29) is 6.09 Å². The Bertz CT molecular complexity index is 1080. The molecule has 2 aliphatic rings. The highest BCUT2D eigenvalue weighted by molar-refractivity contribution is 7.92. The van der Waals surface area contributed by atoms with Gasteiger partial charge in [0.25, 0.3) is 0 Å². The van der Waals surface area contributed by atoms with Crippen LogP contribution in [-0.2, 0) is 14.6 Å². The molecule has 7 nitrogen and oxygen atoms in total. The van der Waals surface area contributed by atoms with Crippen LogP contribution in [0.15, 0.2) is 41.3 Å². The van der Waals surface area contributed by atoms with Crippen LogP contribution >= 0.6 is 0 Å². The number of benzene rings is 2. The molecule has 4 rings (SSSR count). The van der Waals surface area contributed by atoms with Crippen molar-refractivity contribution in [1.29, 1.82) is 0 Å². The summed E-state index contributed by atoms with van der Waals surface area (Å²) in [6, 6.07) is 11.5. The lowest BCUT2D eigenvalue weighted by molar-refractivity contribution is 0.0217. The average molecular weight is 460 g/mol. The molecule has 2 aliphatic heterocycles. The molecule has 1 amide bonds. The minimum Gasteiger partial charge on any atom is -0.444 e. The normalized spacial score (nSPS) is 18.7. The number of piperazine rings is 1. The maximum atomic E-state index is 13.6. The van der Waals surface area contributed by atoms with Gasteiger partial charge in [0.2, 0.25) is 0 Å². The summed E-state index contributed by atoms with van der Waals surface area (Å²) in [5.41, 5.74) is 0.520. The lowest BCUT2D eigenvalue weighted by Gasteiger charge is -2.33. The molecular formula is C24H33N3O4S. The number of anilines is 1. The Morgan fingerprint density at radius 3 is 2.22 bits per heavy atom. The van der Waals surface area contributed by atoms with Crippen molar-refractivity contribution in [2.45, 2.75) is 49.4 Å². The number of carbonyl (C=O) groups is 1. The van der Waals surface area contributed by atoms with Crippen LogP contribution in [0.5, 0.6) is 0 Å². The van der Waals surface area contributed by atoms with Crippen LogP contribution in [0.2, 0.25) is 0 Å². The van der Waals surface area contributed by atoms with E-state index in [4.69, 9.17) is 4.74 Å². The summed E-state index contributed by atoms with van der Waals surface area (Å²) in [5.74, 6) is 0. The first-order chi connectivity index (χ1) is 15.2. The summed E-state index contributed by atoms with van der Waals surface area (Å²) >= 11 is 0. The van der Waals surface area contributed by atoms with Gasteiger partial charge in [-0.25, -0.2) is 13.2 Å². The molecule has 2 aromatic rings. The van der Waals surface area contributed by atoms with E-state index in [9.17, 15) is 13.2 Å². The number of rotatable bonds is 3. The van der Waals surface area contributed by atoms with Crippen LogP contribution in [0.3, 0.4) is 0 Å². The molecule has 0 aromatic heterocycles. The molecule has 2 aromatic carbocycles. The molecule has 0 unspecified atom stereocenters. The van der Waals surface area contributed by atoms with Crippen LogP contribution < -0.4 is 10.2 Å². The molecule has 2 saturated heterocycles. The van der Waals surface area contributed by atoms with E-state index < -0.39 is 20.7 Å². The van der Waals surface area contributed by atoms with Gasteiger partial charge in [-0.1, -0.05) is 24.3 Å². The number of sulfone groups is 1. The van der Waals surface area contributed by atoms with Crippen LogP contribution in [0.25, 0.3) is 10.8 Å². The van der Waals surface area contributed by atoms with Crippen LogP contribution in [0.4, 0.5) is 10.5 Å². The number of nitrogens with zero attached hydrogens (tertiary/aromatic N) is 2. The zero-order chi connectivity index (χ0) is 22.9. The van der Waals surface area contributed by atoms with Crippen molar-refractivity contribution in [1.82, 2.24) is 10.2 Å². The fraction of sp³-hybridized carbons (Fsp3) is 0.542. The number of nitrogens with one attached hydrogen (secondary N) is 1. The third kappa shape index (κ3) is 4.71. The standard InChI is InChI=1S/C24H33N3O4S/c1-24(2,3)31-23(28)27-14-10-18(11-15-27)32(29,30)22-9-8-21(26-16-12-25-13-17-26)19-6-4-5-7-20(19)22/h4-9,18,25H,10-17H2,1-3H3. The molecule has 0 saturated carbocycles. The zero-order valence-corrected chi connectivity index (χ0v) is 20.0. The lowest BCUT2D eigenvalue weighted by atomic mass is 10.1. The van der Waals surface area contributed by atoms with Crippen molar-refractivity contribution < 1.29 is 17.9 Å². The summed E-state index contributed by atoms with van der Waals surface area (Å²) < 4.78 is 32.7. The van der Waals surface area contributed by atoms with Crippen molar-refractivity contribution in [3.8, 4) is 0 Å². The van der Waals surface area contributed by atoms with E-state index >= 15 is 0 Å². The second-order valence-electron chi connectivity index (χ2n) is 9.58. The maximum absolute atomic E-state index is 13.6. The van der Waals surface area contributed by atoms with Gasteiger partial charge in [-0.05, 0) is 45.7 Å². The Morgan fingerprint density at radius 1 is 0.969 bits per heavy atom. The van der Waals surface area contributed by atoms with E-state index in [1.165, 1.54) is 0 Å². The topological polar surface area (TPSA) is 79.0 Å². The first-order valence-corrected chi connectivity index (χ1v) is 12.9. The number of likely N-dealkylation sites (tertiary alicyclic amines) is 1. The SMILES string of the molecule is CC(C)(C)OC(=O)N1CCC(S(=O)(=O)c2ccc(N3CCNCC3)c3ccccc23)CC1. The molecule has 2 heterocycles. The fourth-order valence-electron chi connectivity index (χ4n) is 4.54. The van der Waals surface area contributed by atoms with E-state index in [2.05, 4.69) is 10.2 Å². The molecule has 0 aliphatic carbocycles. The van der Waals surface area contributed by atoms with E-state index in [0.29, 0.717) is 30.8 Å². The highest BCUT2D eigenvalue weighted by Gasteiger charge is 2.35. The smallest absolute Gasteiger partial charge is 0.410 e. The Morgan fingerprint density at radius 2 is 1.59 bits per heavy atom. The lowest BCUT2D eigenvalue weighted by Crippen LogP contribution is -2.44. The Labute approximate surface area is 190 Å². The summed E-state index contributed by atoms with van der Waals surface area (Å²) in [6.45, 7) is 9.91. The third-order valence-electron chi connectivity index (χ3n) is 6.16. The van der Waals surface area contributed by atoms with E-state index in [0.717, 1.165) is 42.6 Å². The Kier molecular flexibility index (Phi) is 6.36. The van der Waals surface area contributed by atoms with E-state index in [1.807, 2.05) is 51.1 Å². The van der Waals surface area contributed by atoms with Crippen molar-refractivity contribution >= 4 is 32.4 Å². The maximum Gasteiger partial charge on any atom is 0.410 e. The molecule has 0 bridgehead atoms. The average Bonchev–Trinajstić information content (AvgIpc) is 2.78. The molecule has 0 radical (unpaired) electrons. The summed E-state index contributed by atoms with van der Waals surface area (Å²) in [7, 11) is -3.53. The first kappa shape index (κ1) is 22.9. The predicted octanol–water partition coefficient (Wildman–Crippen LogP) is 3.42. The minimum absolute atomic E-state index is 0.376. The van der Waals surface area contributed by atoms with Crippen molar-refractivity contribution in [3.63, 3.8) is 0 Å². The van der Waals surface area contributed by atoms with Gasteiger partial charge in [0.1, 0.15) is 5.60 Å². The third-order valence-corrected chi connectivity index (χ3v) is 8.48. The van der Waals surface area contributed by atoms with Crippen LogP contribution in [0.1, 0.15) is 33.6 Å². The first-order valence-electron chi connectivity index (χ1n) is 11.4. The highest BCUT2D eigenvalue weighted by Crippen LogP contribution is 2.35. The molecule has 0 atom stereocenters. The number of hydrogen-bond acceptors (Lipinski definition) is 6. The number of hydrogen-bond donors (Lipinski definition) is 1. The monoisotopic (exact) mass is 459 g/mol. The minimum atomic E-state index is -3.53. The van der Waals surface area contributed by atoms with Crippen LogP contribution in [-0.4, -0.2) is 69.5 Å². The van der Waals surface area contributed by atoms with Crippen molar-refractivity contribution in [3.05, 3.63) is 36.4 Å². The van der Waals surface area contributed by atoms with Gasteiger partial charge in [0.15, 0.2) is 9.84 Å². The highest BCUT2D eigenvalue weighted by atomic mass is 32.2. The Balaban J connectivity index is 1.57. The predicted molar refractivity (Wildman–Crippen MR) is 127 cm³/mol. The van der Waals surface area contributed by atoms with Crippen molar-refractivity contribution in [2.24, 2.45) is 0 Å². The molecule has 32 heavy (non-hydrogen) atoms. The fourth-order valence-corrected chi connectivity index (χ4v) is 6.47. The molecule has 0 spiro atoms. The van der Waals surface area contributed by atoms with Crippen LogP contribution in [0, 0.1) is 0 Å². The van der Waals surface area contributed by atoms with Gasteiger partial charge >= 0.3 is 6.09 Å². The van der Waals surface area contributed by atoms with Gasteiger partial charge in [-0.15, -0.1) is 0 Å². The summed E-state index contributed by atoms with van der Waals surface area (Å²) in [6.07, 6.45) is 0.449. The molecule has 1 N–H and O–H groups in total. The van der Waals surface area contributed by atoms with Gasteiger partial charge in [-0.2, -0.15) is 0 Å². The van der Waals surface area contributed by atoms with Gasteiger partial charge in [0, 0.05) is 55.7 Å². The summed E-state index contributed by atoms with van der Waals surface area (Å²) in [5, 5.41) is 4.61. The molecule has 174 valence electrons. The second-order valence-corrected chi connectivity index (χ2v) is 11.8. The number of carbonyl (C=O) groups excluding carboxylic acids is 1. The van der Waals surface area contributed by atoms with Gasteiger partial charge in [-0.3, -0.25) is 0 Å². The van der Waals surface area contributed by atoms with Gasteiger partial charge < -0.3 is 19.9 Å². The number of ether oxygens (including phenoxy) is 1. The van der Waals surface area contributed by atoms with E-state index in [1.54, 1.807) is 11.0 Å². The second kappa shape index (κ2) is 8.90. The number of amides is 1. The number of piperidine rings is 1. The molecule has 2 fully saturated rings. The van der Waals surface area contributed by atoms with Gasteiger partial charge in [0.05, 0.1) is 10.1 Å². The zero-order valence-electron chi connectivity index (χ0n) is 19.1.